The average Bonchev–Trinajstić information content (AvgIpc) is 2.28. The zero-order valence-electron chi connectivity index (χ0n) is 10.8. The van der Waals surface area contributed by atoms with Crippen molar-refractivity contribution in [2.75, 3.05) is 13.1 Å². The Bertz CT molecular complexity index is 160. The molecule has 3 nitrogen and oxygen atoms in total. The maximum absolute atomic E-state index is 11.3. The molecule has 0 atom stereocenters. The predicted molar refractivity (Wildman–Crippen MR) is 69.3 cm³/mol. The number of carbonyl (C=O) groups excluding carboxylic acids is 1. The predicted octanol–water partition coefficient (Wildman–Crippen LogP) is 2.59. The van der Waals surface area contributed by atoms with E-state index in [2.05, 4.69) is 12.2 Å². The van der Waals surface area contributed by atoms with Crippen LogP contribution in [0.1, 0.15) is 64.7 Å². The molecule has 0 aliphatic heterocycles. The molecule has 0 aliphatic rings. The minimum Gasteiger partial charge on any atom is -0.356 e. The zero-order chi connectivity index (χ0) is 12.1. The van der Waals surface area contributed by atoms with Gasteiger partial charge in [0.1, 0.15) is 0 Å². The van der Waals surface area contributed by atoms with E-state index >= 15 is 0 Å². The molecule has 0 radical (unpaired) electrons. The summed E-state index contributed by atoms with van der Waals surface area (Å²) in [5.74, 6) is 0.218. The first kappa shape index (κ1) is 15.4. The van der Waals surface area contributed by atoms with E-state index in [4.69, 9.17) is 5.73 Å². The van der Waals surface area contributed by atoms with Gasteiger partial charge in [-0.3, -0.25) is 4.79 Å². The summed E-state index contributed by atoms with van der Waals surface area (Å²) in [5, 5.41) is 2.97. The van der Waals surface area contributed by atoms with E-state index in [0.717, 1.165) is 38.8 Å². The minimum atomic E-state index is 0.218. The van der Waals surface area contributed by atoms with E-state index in [9.17, 15) is 4.79 Å². The Morgan fingerprint density at radius 2 is 1.69 bits per heavy atom. The van der Waals surface area contributed by atoms with Gasteiger partial charge in [0.15, 0.2) is 0 Å². The third-order valence-electron chi connectivity index (χ3n) is 2.71. The Morgan fingerprint density at radius 3 is 2.38 bits per heavy atom. The molecule has 0 spiro atoms. The molecule has 0 bridgehead atoms. The van der Waals surface area contributed by atoms with Crippen LogP contribution in [0, 0.1) is 0 Å². The van der Waals surface area contributed by atoms with E-state index in [-0.39, 0.29) is 5.91 Å². The van der Waals surface area contributed by atoms with Crippen molar-refractivity contribution in [2.45, 2.75) is 64.7 Å². The number of unbranched alkanes of at least 4 members (excludes halogenated alkanes) is 6. The Balaban J connectivity index is 3.09. The summed E-state index contributed by atoms with van der Waals surface area (Å²) in [7, 11) is 0. The maximum atomic E-state index is 11.3. The van der Waals surface area contributed by atoms with Crippen molar-refractivity contribution in [3.63, 3.8) is 0 Å². The van der Waals surface area contributed by atoms with Gasteiger partial charge >= 0.3 is 0 Å². The van der Waals surface area contributed by atoms with Crippen molar-refractivity contribution in [1.82, 2.24) is 5.32 Å². The Morgan fingerprint density at radius 1 is 1.00 bits per heavy atom. The van der Waals surface area contributed by atoms with Crippen molar-refractivity contribution >= 4 is 5.91 Å². The molecule has 16 heavy (non-hydrogen) atoms. The van der Waals surface area contributed by atoms with Crippen molar-refractivity contribution in [3.8, 4) is 0 Å². The van der Waals surface area contributed by atoms with Gasteiger partial charge in [0.05, 0.1) is 0 Å². The Hall–Kier alpha value is -0.570. The van der Waals surface area contributed by atoms with E-state index in [1.54, 1.807) is 0 Å². The molecular formula is C13H28N2O. The lowest BCUT2D eigenvalue weighted by molar-refractivity contribution is -0.121. The molecule has 0 unspecified atom stereocenters. The lowest BCUT2D eigenvalue weighted by Crippen LogP contribution is -2.23. The van der Waals surface area contributed by atoms with Gasteiger partial charge in [-0.05, 0) is 25.8 Å². The molecule has 0 rings (SSSR count). The van der Waals surface area contributed by atoms with Gasteiger partial charge in [0.2, 0.25) is 5.91 Å². The zero-order valence-corrected chi connectivity index (χ0v) is 10.8. The summed E-state index contributed by atoms with van der Waals surface area (Å²) in [6.07, 6.45) is 9.95. The second-order valence-electron chi connectivity index (χ2n) is 4.36. The highest BCUT2D eigenvalue weighted by Gasteiger charge is 1.99. The van der Waals surface area contributed by atoms with Gasteiger partial charge < -0.3 is 11.1 Å². The number of carbonyl (C=O) groups is 1. The second-order valence-corrected chi connectivity index (χ2v) is 4.36. The summed E-state index contributed by atoms with van der Waals surface area (Å²) >= 11 is 0. The summed E-state index contributed by atoms with van der Waals surface area (Å²) in [6, 6.07) is 0. The molecular weight excluding hydrogens is 200 g/mol. The second kappa shape index (κ2) is 12.5. The highest BCUT2D eigenvalue weighted by Crippen LogP contribution is 2.02. The third kappa shape index (κ3) is 11.5. The van der Waals surface area contributed by atoms with Crippen LogP contribution < -0.4 is 11.1 Å². The van der Waals surface area contributed by atoms with Gasteiger partial charge in [-0.2, -0.15) is 0 Å². The molecule has 0 saturated heterocycles. The van der Waals surface area contributed by atoms with E-state index in [0.29, 0.717) is 6.42 Å². The first-order valence-electron chi connectivity index (χ1n) is 6.78. The lowest BCUT2D eigenvalue weighted by Gasteiger charge is -2.04. The van der Waals surface area contributed by atoms with Crippen molar-refractivity contribution in [2.24, 2.45) is 5.73 Å². The van der Waals surface area contributed by atoms with E-state index in [1.807, 2.05) is 0 Å². The lowest BCUT2D eigenvalue weighted by atomic mass is 10.1. The first-order valence-corrected chi connectivity index (χ1v) is 6.78. The van der Waals surface area contributed by atoms with Gasteiger partial charge in [0.25, 0.3) is 0 Å². The normalized spacial score (nSPS) is 10.4. The molecule has 3 N–H and O–H groups in total. The van der Waals surface area contributed by atoms with Crippen molar-refractivity contribution < 1.29 is 4.79 Å². The SMILES string of the molecule is CCCCCC(=O)NCCCCCCCN. The van der Waals surface area contributed by atoms with Crippen molar-refractivity contribution in [3.05, 3.63) is 0 Å². The average molecular weight is 228 g/mol. The van der Waals surface area contributed by atoms with Crippen LogP contribution in [0.2, 0.25) is 0 Å². The summed E-state index contributed by atoms with van der Waals surface area (Å²) in [6.45, 7) is 3.79. The van der Waals surface area contributed by atoms with Crippen LogP contribution in [0.5, 0.6) is 0 Å². The molecule has 1 amide bonds. The van der Waals surface area contributed by atoms with Gasteiger partial charge in [-0.15, -0.1) is 0 Å². The van der Waals surface area contributed by atoms with Crippen molar-refractivity contribution in [1.29, 1.82) is 0 Å². The number of rotatable bonds is 11. The third-order valence-corrected chi connectivity index (χ3v) is 2.71. The van der Waals surface area contributed by atoms with Gasteiger partial charge in [-0.25, -0.2) is 0 Å². The van der Waals surface area contributed by atoms with Crippen LogP contribution in [0.25, 0.3) is 0 Å². The van der Waals surface area contributed by atoms with Crippen LogP contribution in [-0.4, -0.2) is 19.0 Å². The number of nitrogens with two attached hydrogens (primary N) is 1. The minimum absolute atomic E-state index is 0.218. The Labute approximate surface area is 100 Å². The topological polar surface area (TPSA) is 55.1 Å². The first-order chi connectivity index (χ1) is 7.81. The monoisotopic (exact) mass is 228 g/mol. The smallest absolute Gasteiger partial charge is 0.219 e. The summed E-state index contributed by atoms with van der Waals surface area (Å²) < 4.78 is 0. The number of nitrogens with one attached hydrogen (secondary N) is 1. The molecule has 0 aromatic carbocycles. The number of amides is 1. The number of hydrogen-bond acceptors (Lipinski definition) is 2. The fourth-order valence-corrected chi connectivity index (χ4v) is 1.65. The number of hydrogen-bond donors (Lipinski definition) is 2. The molecule has 0 aromatic rings. The van der Waals surface area contributed by atoms with E-state index in [1.165, 1.54) is 25.7 Å². The molecule has 0 fully saturated rings. The summed E-state index contributed by atoms with van der Waals surface area (Å²) in [5.41, 5.74) is 5.41. The van der Waals surface area contributed by atoms with Crippen LogP contribution in [0.3, 0.4) is 0 Å². The fraction of sp³-hybridized carbons (Fsp3) is 0.923. The van der Waals surface area contributed by atoms with Crippen LogP contribution in [0.4, 0.5) is 0 Å². The maximum Gasteiger partial charge on any atom is 0.219 e. The highest BCUT2D eigenvalue weighted by atomic mass is 16.1. The van der Waals surface area contributed by atoms with E-state index < -0.39 is 0 Å². The van der Waals surface area contributed by atoms with Crippen LogP contribution >= 0.6 is 0 Å². The van der Waals surface area contributed by atoms with Gasteiger partial charge in [0, 0.05) is 13.0 Å². The van der Waals surface area contributed by atoms with Crippen LogP contribution in [-0.2, 0) is 4.79 Å². The molecule has 0 aromatic heterocycles. The highest BCUT2D eigenvalue weighted by molar-refractivity contribution is 5.75. The summed E-state index contributed by atoms with van der Waals surface area (Å²) in [4.78, 5) is 11.3. The molecule has 0 aliphatic carbocycles. The van der Waals surface area contributed by atoms with Gasteiger partial charge in [-0.1, -0.05) is 39.0 Å². The quantitative estimate of drug-likeness (QED) is 0.534. The molecule has 0 heterocycles. The Kier molecular flexibility index (Phi) is 12.1. The molecule has 3 heteroatoms. The molecule has 96 valence electrons. The van der Waals surface area contributed by atoms with Crippen LogP contribution in [0.15, 0.2) is 0 Å². The molecule has 0 saturated carbocycles. The standard InChI is InChI=1S/C13H28N2O/c1-2-3-7-10-13(16)15-12-9-6-4-5-8-11-14/h2-12,14H2,1H3,(H,15,16). The largest absolute Gasteiger partial charge is 0.356 e. The fourth-order valence-electron chi connectivity index (χ4n) is 1.65.